The van der Waals surface area contributed by atoms with Gasteiger partial charge < -0.3 is 10.5 Å². The molecule has 4 aromatic rings. The molecule has 0 aliphatic carbocycles. The van der Waals surface area contributed by atoms with Crippen LogP contribution in [-0.2, 0) is 12.8 Å². The van der Waals surface area contributed by atoms with Crippen molar-refractivity contribution in [1.29, 1.82) is 0 Å². The van der Waals surface area contributed by atoms with E-state index >= 15 is 4.39 Å². The predicted molar refractivity (Wildman–Crippen MR) is 119 cm³/mol. The molecule has 0 saturated heterocycles. The van der Waals surface area contributed by atoms with E-state index in [1.54, 1.807) is 18.5 Å². The van der Waals surface area contributed by atoms with E-state index in [0.29, 0.717) is 23.6 Å². The number of fused-ring (bicyclic) bond motifs is 1. The quantitative estimate of drug-likeness (QED) is 0.468. The normalized spacial score (nSPS) is 11.4. The first kappa shape index (κ1) is 21.1. The number of halogens is 2. The average Bonchev–Trinajstić information content (AvgIpc) is 3.05. The summed E-state index contributed by atoms with van der Waals surface area (Å²) in [6.07, 6.45) is 5.61. The van der Waals surface area contributed by atoms with Crippen molar-refractivity contribution in [2.45, 2.75) is 39.7 Å². The molecule has 0 spiro atoms. The Hall–Kier alpha value is -3.19. The Bertz CT molecular complexity index is 1240. The highest BCUT2D eigenvalue weighted by Crippen LogP contribution is 2.36. The minimum absolute atomic E-state index is 0.0378. The topological polar surface area (TPSA) is 78.3 Å². The molecule has 4 rings (SSSR count). The highest BCUT2D eigenvalue weighted by atomic mass is 35.5. The Labute approximate surface area is 184 Å². The number of aryl methyl sites for hydroxylation is 1. The van der Waals surface area contributed by atoms with Gasteiger partial charge in [-0.05, 0) is 39.0 Å². The van der Waals surface area contributed by atoms with Crippen molar-refractivity contribution < 1.29 is 9.13 Å². The lowest BCUT2D eigenvalue weighted by Crippen LogP contribution is -2.13. The van der Waals surface area contributed by atoms with E-state index in [-0.39, 0.29) is 17.5 Å². The molecule has 0 radical (unpaired) electrons. The summed E-state index contributed by atoms with van der Waals surface area (Å²) in [5, 5.41) is 0.0378. The summed E-state index contributed by atoms with van der Waals surface area (Å²) in [6, 6.07) is 7.14. The number of benzene rings is 1. The number of hydrogen-bond acceptors (Lipinski definition) is 5. The van der Waals surface area contributed by atoms with Gasteiger partial charge in [0.05, 0.1) is 16.8 Å². The third-order valence-electron chi connectivity index (χ3n) is 4.96. The molecule has 31 heavy (non-hydrogen) atoms. The lowest BCUT2D eigenvalue weighted by molar-refractivity contribution is 0.236. The van der Waals surface area contributed by atoms with Gasteiger partial charge in [0.15, 0.2) is 0 Å². The van der Waals surface area contributed by atoms with Gasteiger partial charge in [-0.1, -0.05) is 17.7 Å². The Morgan fingerprint density at radius 3 is 2.71 bits per heavy atom. The summed E-state index contributed by atoms with van der Waals surface area (Å²) in [5.41, 5.74) is 9.42. The van der Waals surface area contributed by atoms with Gasteiger partial charge in [0, 0.05) is 48.3 Å². The van der Waals surface area contributed by atoms with E-state index in [9.17, 15) is 0 Å². The van der Waals surface area contributed by atoms with Crippen molar-refractivity contribution in [3.63, 3.8) is 0 Å². The van der Waals surface area contributed by atoms with Crippen molar-refractivity contribution in [1.82, 2.24) is 19.4 Å². The number of nitrogens with zero attached hydrogens (tertiary/aromatic N) is 4. The monoisotopic (exact) mass is 439 g/mol. The second kappa shape index (κ2) is 8.51. The van der Waals surface area contributed by atoms with Crippen LogP contribution < -0.4 is 10.5 Å². The van der Waals surface area contributed by atoms with Crippen LogP contribution in [0.4, 0.5) is 10.2 Å². The third-order valence-corrected chi connectivity index (χ3v) is 5.23. The van der Waals surface area contributed by atoms with E-state index in [1.807, 2.05) is 49.6 Å². The van der Waals surface area contributed by atoms with Gasteiger partial charge in [-0.15, -0.1) is 0 Å². The second-order valence-corrected chi connectivity index (χ2v) is 8.03. The molecule has 160 valence electrons. The van der Waals surface area contributed by atoms with Crippen molar-refractivity contribution in [3.8, 4) is 5.75 Å². The summed E-state index contributed by atoms with van der Waals surface area (Å²) in [7, 11) is 0. The van der Waals surface area contributed by atoms with Crippen molar-refractivity contribution in [2.75, 3.05) is 5.73 Å². The first-order valence-corrected chi connectivity index (χ1v) is 10.4. The molecular formula is C23H23ClFN5O. The number of ether oxygens (including phenoxy) is 1. The number of hydrogen-bond donors (Lipinski definition) is 1. The number of nitrogens with two attached hydrogens (primary N) is 1. The summed E-state index contributed by atoms with van der Waals surface area (Å²) in [4.78, 5) is 13.1. The molecule has 0 atom stereocenters. The van der Waals surface area contributed by atoms with Gasteiger partial charge in [-0.25, -0.2) is 14.4 Å². The molecule has 0 unspecified atom stereocenters. The zero-order valence-corrected chi connectivity index (χ0v) is 18.3. The zero-order chi connectivity index (χ0) is 22.1. The molecule has 1 aromatic carbocycles. The van der Waals surface area contributed by atoms with Gasteiger partial charge in [0.25, 0.3) is 0 Å². The third kappa shape index (κ3) is 4.18. The summed E-state index contributed by atoms with van der Waals surface area (Å²) in [6.45, 7) is 5.69. The molecule has 0 amide bonds. The molecule has 0 saturated carbocycles. The van der Waals surface area contributed by atoms with Crippen LogP contribution in [0.3, 0.4) is 0 Å². The van der Waals surface area contributed by atoms with Crippen LogP contribution in [0.25, 0.3) is 5.52 Å². The van der Waals surface area contributed by atoms with Crippen LogP contribution >= 0.6 is 11.6 Å². The summed E-state index contributed by atoms with van der Waals surface area (Å²) in [5.74, 6) is 1.12. The van der Waals surface area contributed by atoms with Crippen LogP contribution in [0.2, 0.25) is 5.02 Å². The van der Waals surface area contributed by atoms with Crippen LogP contribution in [0.15, 0.2) is 42.9 Å². The number of nitrogen functional groups attached to an aromatic ring is 1. The lowest BCUT2D eigenvalue weighted by atomic mass is 10.0. The van der Waals surface area contributed by atoms with Crippen molar-refractivity contribution in [2.24, 2.45) is 0 Å². The Morgan fingerprint density at radius 1 is 1.19 bits per heavy atom. The highest BCUT2D eigenvalue weighted by molar-refractivity contribution is 6.31. The Kier molecular flexibility index (Phi) is 5.78. The highest BCUT2D eigenvalue weighted by Gasteiger charge is 2.22. The summed E-state index contributed by atoms with van der Waals surface area (Å²) >= 11 is 6.30. The van der Waals surface area contributed by atoms with Gasteiger partial charge >= 0.3 is 0 Å². The molecule has 0 fully saturated rings. The van der Waals surface area contributed by atoms with Gasteiger partial charge in [0.2, 0.25) is 0 Å². The van der Waals surface area contributed by atoms with Crippen LogP contribution in [-0.4, -0.2) is 25.5 Å². The fraction of sp³-hybridized carbons (Fsp3) is 0.261. The number of aromatic nitrogens is 4. The van der Waals surface area contributed by atoms with Gasteiger partial charge in [-0.2, -0.15) is 0 Å². The Morgan fingerprint density at radius 2 is 2.00 bits per heavy atom. The minimum atomic E-state index is -0.496. The SMILES string of the molecule is Cc1nc(Cc2cc(Cl)c(F)c(Cc3ccccn3)c2OC(C)C)n2ccnc(N)c12. The molecule has 2 N–H and O–H groups in total. The maximum atomic E-state index is 15.1. The molecule has 8 heteroatoms. The molecule has 3 heterocycles. The van der Waals surface area contributed by atoms with E-state index in [2.05, 4.69) is 15.0 Å². The van der Waals surface area contributed by atoms with Gasteiger partial charge in [-0.3, -0.25) is 9.38 Å². The van der Waals surface area contributed by atoms with E-state index < -0.39 is 5.82 Å². The number of rotatable bonds is 6. The molecule has 0 aliphatic heterocycles. The molecule has 6 nitrogen and oxygen atoms in total. The fourth-order valence-corrected chi connectivity index (χ4v) is 3.93. The Balaban J connectivity index is 1.85. The van der Waals surface area contributed by atoms with Crippen molar-refractivity contribution in [3.05, 3.63) is 82.0 Å². The van der Waals surface area contributed by atoms with E-state index in [4.69, 9.17) is 22.1 Å². The fourth-order valence-electron chi connectivity index (χ4n) is 3.68. The number of anilines is 1. The summed E-state index contributed by atoms with van der Waals surface area (Å²) < 4.78 is 23.1. The first-order chi connectivity index (χ1) is 14.8. The smallest absolute Gasteiger partial charge is 0.149 e. The van der Waals surface area contributed by atoms with Crippen LogP contribution in [0.1, 0.15) is 42.2 Å². The second-order valence-electron chi connectivity index (χ2n) is 7.62. The largest absolute Gasteiger partial charge is 0.490 e. The molecule has 0 bridgehead atoms. The standard InChI is InChI=1S/C23H23ClFN5O/c1-13(2)31-22-15(11-19-29-14(3)21-23(26)28-8-9-30(19)21)10-18(24)20(25)17(22)12-16-6-4-5-7-27-16/h4-10,13H,11-12H2,1-3H3,(H2,26,28). The minimum Gasteiger partial charge on any atom is -0.490 e. The molecular weight excluding hydrogens is 417 g/mol. The maximum absolute atomic E-state index is 15.1. The predicted octanol–water partition coefficient (Wildman–Crippen LogP) is 4.78. The zero-order valence-electron chi connectivity index (χ0n) is 17.6. The van der Waals surface area contributed by atoms with E-state index in [0.717, 1.165) is 28.3 Å². The van der Waals surface area contributed by atoms with Crippen LogP contribution in [0.5, 0.6) is 5.75 Å². The van der Waals surface area contributed by atoms with Crippen molar-refractivity contribution >= 4 is 22.9 Å². The van der Waals surface area contributed by atoms with E-state index in [1.165, 1.54) is 0 Å². The average molecular weight is 440 g/mol. The first-order valence-electron chi connectivity index (χ1n) is 9.99. The number of pyridine rings is 1. The number of imidazole rings is 1. The molecule has 3 aromatic heterocycles. The van der Waals surface area contributed by atoms with Crippen LogP contribution in [0, 0.1) is 12.7 Å². The lowest BCUT2D eigenvalue weighted by Gasteiger charge is -2.20. The molecule has 0 aliphatic rings. The van der Waals surface area contributed by atoms with Gasteiger partial charge in [0.1, 0.15) is 28.7 Å². The maximum Gasteiger partial charge on any atom is 0.149 e.